The van der Waals surface area contributed by atoms with Crippen LogP contribution in [0.1, 0.15) is 13.8 Å². The Balaban J connectivity index is 2.59. The van der Waals surface area contributed by atoms with Gasteiger partial charge in [0.2, 0.25) is 0 Å². The molecule has 1 aromatic carbocycles. The van der Waals surface area contributed by atoms with Crippen molar-refractivity contribution >= 4 is 27.3 Å². The van der Waals surface area contributed by atoms with Gasteiger partial charge in [-0.15, -0.1) is 0 Å². The minimum Gasteiger partial charge on any atom is -0.495 e. The van der Waals surface area contributed by atoms with Gasteiger partial charge in [0.15, 0.2) is 4.75 Å². The highest BCUT2D eigenvalue weighted by Gasteiger charge is 2.61. The highest BCUT2D eigenvalue weighted by atomic mass is 32.2. The quantitative estimate of drug-likeness (QED) is 0.800. The number of amides is 1. The Morgan fingerprint density at radius 3 is 2.44 bits per heavy atom. The lowest BCUT2D eigenvalue weighted by Crippen LogP contribution is -2.67. The van der Waals surface area contributed by atoms with Gasteiger partial charge in [0.1, 0.15) is 11.4 Å². The fourth-order valence-electron chi connectivity index (χ4n) is 1.76. The molecule has 6 nitrogen and oxygen atoms in total. The molecule has 1 aliphatic heterocycles. The van der Waals surface area contributed by atoms with Crippen LogP contribution in [-0.4, -0.2) is 26.2 Å². The van der Waals surface area contributed by atoms with Gasteiger partial charge in [-0.2, -0.15) is 0 Å². The van der Waals surface area contributed by atoms with Crippen LogP contribution in [-0.2, 0) is 14.8 Å². The van der Waals surface area contributed by atoms with Gasteiger partial charge in [-0.3, -0.25) is 4.79 Å². The Kier molecular flexibility index (Phi) is 2.55. The van der Waals surface area contributed by atoms with E-state index in [-0.39, 0.29) is 11.4 Å². The molecule has 2 rings (SSSR count). The van der Waals surface area contributed by atoms with Crippen LogP contribution in [0.4, 0.5) is 11.4 Å². The van der Waals surface area contributed by atoms with Crippen LogP contribution in [0.5, 0.6) is 5.75 Å². The van der Waals surface area contributed by atoms with Gasteiger partial charge in [0.05, 0.1) is 7.11 Å². The number of hydrogen-bond donors (Lipinski definition) is 1. The van der Waals surface area contributed by atoms with Crippen molar-refractivity contribution in [2.45, 2.75) is 18.6 Å². The number of carbonyl (C=O) groups is 1. The summed E-state index contributed by atoms with van der Waals surface area (Å²) in [5.74, 6) is -0.206. The van der Waals surface area contributed by atoms with Crippen molar-refractivity contribution in [2.24, 2.45) is 0 Å². The van der Waals surface area contributed by atoms with Gasteiger partial charge >= 0.3 is 0 Å². The van der Waals surface area contributed by atoms with E-state index in [1.807, 2.05) is 0 Å². The lowest BCUT2D eigenvalue weighted by atomic mass is 10.1. The molecule has 0 spiro atoms. The van der Waals surface area contributed by atoms with Crippen LogP contribution in [0, 0.1) is 0 Å². The van der Waals surface area contributed by atoms with Crippen LogP contribution in [0.2, 0.25) is 0 Å². The fraction of sp³-hybridized carbons (Fsp3) is 0.364. The van der Waals surface area contributed by atoms with E-state index in [1.165, 1.54) is 33.1 Å². The number of nitrogen functional groups attached to an aromatic ring is 1. The van der Waals surface area contributed by atoms with Crippen molar-refractivity contribution in [3.8, 4) is 5.75 Å². The molecule has 18 heavy (non-hydrogen) atoms. The molecule has 0 aromatic heterocycles. The summed E-state index contributed by atoms with van der Waals surface area (Å²) in [5.41, 5.74) is 6.13. The normalized spacial score (nSPS) is 20.4. The Hall–Kier alpha value is -1.76. The molecule has 0 bridgehead atoms. The molecule has 2 N–H and O–H groups in total. The SMILES string of the molecule is COc1ccc(N)cc1N1C(=O)C(C)(C)S1(=O)=O. The van der Waals surface area contributed by atoms with Crippen LogP contribution in [0.25, 0.3) is 0 Å². The van der Waals surface area contributed by atoms with Crippen LogP contribution < -0.4 is 14.8 Å². The first-order valence-corrected chi connectivity index (χ1v) is 6.70. The van der Waals surface area contributed by atoms with Gasteiger partial charge in [-0.25, -0.2) is 12.7 Å². The molecule has 1 aromatic rings. The lowest BCUT2D eigenvalue weighted by molar-refractivity contribution is -0.120. The zero-order chi connectivity index (χ0) is 13.7. The van der Waals surface area contributed by atoms with E-state index in [1.54, 1.807) is 6.07 Å². The molecule has 0 radical (unpaired) electrons. The topological polar surface area (TPSA) is 89.7 Å². The second kappa shape index (κ2) is 3.61. The number of sulfonamides is 1. The molecular formula is C11H14N2O4S. The monoisotopic (exact) mass is 270 g/mol. The van der Waals surface area contributed by atoms with Gasteiger partial charge in [0.25, 0.3) is 15.9 Å². The molecule has 98 valence electrons. The standard InChI is InChI=1S/C11H14N2O4S/c1-11(2)10(14)13(18(11,15)16)8-6-7(12)4-5-9(8)17-3/h4-6H,12H2,1-3H3. The predicted molar refractivity (Wildman–Crippen MR) is 67.9 cm³/mol. The van der Waals surface area contributed by atoms with Crippen molar-refractivity contribution in [2.75, 3.05) is 17.1 Å². The van der Waals surface area contributed by atoms with Crippen molar-refractivity contribution in [3.63, 3.8) is 0 Å². The van der Waals surface area contributed by atoms with E-state index in [0.717, 1.165) is 4.31 Å². The maximum atomic E-state index is 12.1. The molecule has 1 saturated heterocycles. The summed E-state index contributed by atoms with van der Waals surface area (Å²) in [5, 5.41) is 0. The average molecular weight is 270 g/mol. The number of hydrogen-bond acceptors (Lipinski definition) is 5. The molecule has 0 aliphatic carbocycles. The second-order valence-electron chi connectivity index (χ2n) is 4.52. The number of anilines is 2. The lowest BCUT2D eigenvalue weighted by Gasteiger charge is -2.43. The van der Waals surface area contributed by atoms with E-state index in [9.17, 15) is 13.2 Å². The van der Waals surface area contributed by atoms with Crippen LogP contribution >= 0.6 is 0 Å². The van der Waals surface area contributed by atoms with Crippen LogP contribution in [0.3, 0.4) is 0 Å². The minimum atomic E-state index is -3.70. The largest absolute Gasteiger partial charge is 0.495 e. The highest BCUT2D eigenvalue weighted by Crippen LogP contribution is 2.43. The zero-order valence-corrected chi connectivity index (χ0v) is 11.1. The van der Waals surface area contributed by atoms with E-state index < -0.39 is 20.7 Å². The first-order chi connectivity index (χ1) is 8.23. The number of methoxy groups -OCH3 is 1. The highest BCUT2D eigenvalue weighted by molar-refractivity contribution is 7.98. The Bertz CT molecular complexity index is 622. The van der Waals surface area contributed by atoms with Crippen molar-refractivity contribution in [1.82, 2.24) is 0 Å². The maximum absolute atomic E-state index is 12.1. The summed E-state index contributed by atoms with van der Waals surface area (Å²) in [7, 11) is -2.30. The van der Waals surface area contributed by atoms with Gasteiger partial charge in [-0.1, -0.05) is 0 Å². The summed E-state index contributed by atoms with van der Waals surface area (Å²) in [6.45, 7) is 2.75. The Morgan fingerprint density at radius 2 is 1.94 bits per heavy atom. The number of nitrogens with zero attached hydrogens (tertiary/aromatic N) is 1. The van der Waals surface area contributed by atoms with Crippen molar-refractivity contribution in [3.05, 3.63) is 18.2 Å². The Labute approximate surface area is 105 Å². The number of nitrogens with two attached hydrogens (primary N) is 1. The number of carbonyl (C=O) groups excluding carboxylic acids is 1. The number of ether oxygens (including phenoxy) is 1. The summed E-state index contributed by atoms with van der Waals surface area (Å²) in [6, 6.07) is 4.51. The molecule has 0 atom stereocenters. The first-order valence-electron chi connectivity index (χ1n) is 5.26. The molecule has 1 fully saturated rings. The average Bonchev–Trinajstić information content (AvgIpc) is 2.29. The zero-order valence-electron chi connectivity index (χ0n) is 10.3. The summed E-state index contributed by atoms with van der Waals surface area (Å²) in [6.07, 6.45) is 0. The molecule has 0 unspecified atom stereocenters. The molecule has 1 aliphatic rings. The van der Waals surface area contributed by atoms with Crippen molar-refractivity contribution < 1.29 is 17.9 Å². The summed E-state index contributed by atoms with van der Waals surface area (Å²) >= 11 is 0. The molecule has 1 amide bonds. The van der Waals surface area contributed by atoms with Gasteiger partial charge < -0.3 is 10.5 Å². The molecule has 0 saturated carbocycles. The third-order valence-electron chi connectivity index (χ3n) is 3.01. The Morgan fingerprint density at radius 1 is 1.33 bits per heavy atom. The number of rotatable bonds is 2. The van der Waals surface area contributed by atoms with E-state index >= 15 is 0 Å². The molecular weight excluding hydrogens is 256 g/mol. The van der Waals surface area contributed by atoms with E-state index in [2.05, 4.69) is 0 Å². The first kappa shape index (κ1) is 12.7. The van der Waals surface area contributed by atoms with Crippen molar-refractivity contribution in [1.29, 1.82) is 0 Å². The number of benzene rings is 1. The molecule has 7 heteroatoms. The predicted octanol–water partition coefficient (Wildman–Crippen LogP) is 0.732. The second-order valence-corrected chi connectivity index (χ2v) is 6.85. The van der Waals surface area contributed by atoms with Gasteiger partial charge in [-0.05, 0) is 32.0 Å². The summed E-state index contributed by atoms with van der Waals surface area (Å²) < 4.78 is 28.5. The van der Waals surface area contributed by atoms with Crippen LogP contribution in [0.15, 0.2) is 18.2 Å². The minimum absolute atomic E-state index is 0.154. The van der Waals surface area contributed by atoms with Gasteiger partial charge in [0, 0.05) is 5.69 Å². The smallest absolute Gasteiger partial charge is 0.263 e. The molecule has 1 heterocycles. The summed E-state index contributed by atoms with van der Waals surface area (Å²) in [4.78, 5) is 11.9. The third kappa shape index (κ3) is 1.40. The maximum Gasteiger partial charge on any atom is 0.263 e. The third-order valence-corrected chi connectivity index (χ3v) is 5.31. The van der Waals surface area contributed by atoms with E-state index in [4.69, 9.17) is 10.5 Å². The fourth-order valence-corrected chi connectivity index (χ4v) is 3.24. The van der Waals surface area contributed by atoms with E-state index in [0.29, 0.717) is 5.69 Å².